The summed E-state index contributed by atoms with van der Waals surface area (Å²) in [5, 5.41) is 3.74. The molecule has 19 heavy (non-hydrogen) atoms. The predicted octanol–water partition coefficient (Wildman–Crippen LogP) is 4.56. The van der Waals surface area contributed by atoms with Gasteiger partial charge >= 0.3 is 0 Å². The molecule has 1 aliphatic rings. The molecule has 2 atom stereocenters. The number of rotatable bonds is 5. The van der Waals surface area contributed by atoms with Crippen LogP contribution in [0.4, 0.5) is 0 Å². The summed E-state index contributed by atoms with van der Waals surface area (Å²) < 4.78 is 0. The Balaban J connectivity index is 1.70. The lowest BCUT2D eigenvalue weighted by Crippen LogP contribution is -2.34. The van der Waals surface area contributed by atoms with Crippen LogP contribution >= 0.6 is 11.8 Å². The van der Waals surface area contributed by atoms with Crippen LogP contribution in [-0.2, 0) is 0 Å². The average Bonchev–Trinajstić information content (AvgIpc) is 2.39. The molecule has 1 N–H and O–H groups in total. The molecule has 0 aliphatic heterocycles. The third-order valence-corrected chi connectivity index (χ3v) is 5.23. The SMILES string of the molecule is Cc1ccc(C)c(SCCNC2CCCC(C)C2)c1. The van der Waals surface area contributed by atoms with Crippen LogP contribution in [0.5, 0.6) is 0 Å². The molecule has 1 aromatic carbocycles. The van der Waals surface area contributed by atoms with E-state index in [4.69, 9.17) is 0 Å². The number of hydrogen-bond acceptors (Lipinski definition) is 2. The van der Waals surface area contributed by atoms with Crippen molar-refractivity contribution >= 4 is 11.8 Å². The van der Waals surface area contributed by atoms with Gasteiger partial charge in [-0.15, -0.1) is 11.8 Å². The van der Waals surface area contributed by atoms with Gasteiger partial charge in [-0.2, -0.15) is 0 Å². The predicted molar refractivity (Wildman–Crippen MR) is 86.1 cm³/mol. The highest BCUT2D eigenvalue weighted by molar-refractivity contribution is 7.99. The fourth-order valence-corrected chi connectivity index (χ4v) is 3.91. The third-order valence-electron chi connectivity index (χ3n) is 4.07. The van der Waals surface area contributed by atoms with Crippen molar-refractivity contribution in [3.63, 3.8) is 0 Å². The van der Waals surface area contributed by atoms with Crippen LogP contribution in [0.25, 0.3) is 0 Å². The van der Waals surface area contributed by atoms with Crippen molar-refractivity contribution in [2.75, 3.05) is 12.3 Å². The largest absolute Gasteiger partial charge is 0.313 e. The smallest absolute Gasteiger partial charge is 0.0106 e. The minimum Gasteiger partial charge on any atom is -0.313 e. The summed E-state index contributed by atoms with van der Waals surface area (Å²) in [4.78, 5) is 1.44. The van der Waals surface area contributed by atoms with Gasteiger partial charge in [-0.3, -0.25) is 0 Å². The highest BCUT2D eigenvalue weighted by Crippen LogP contribution is 2.25. The van der Waals surface area contributed by atoms with E-state index in [1.165, 1.54) is 47.5 Å². The van der Waals surface area contributed by atoms with Crippen molar-refractivity contribution < 1.29 is 0 Å². The van der Waals surface area contributed by atoms with E-state index in [1.807, 2.05) is 11.8 Å². The molecule has 1 aliphatic carbocycles. The fraction of sp³-hybridized carbons (Fsp3) is 0.647. The van der Waals surface area contributed by atoms with E-state index >= 15 is 0 Å². The van der Waals surface area contributed by atoms with Gasteiger partial charge in [-0.25, -0.2) is 0 Å². The molecule has 0 heterocycles. The second-order valence-corrected chi connectivity index (χ2v) is 7.18. The summed E-state index contributed by atoms with van der Waals surface area (Å²) in [6.07, 6.45) is 5.57. The highest BCUT2D eigenvalue weighted by atomic mass is 32.2. The van der Waals surface area contributed by atoms with E-state index in [1.54, 1.807) is 0 Å². The summed E-state index contributed by atoms with van der Waals surface area (Å²) in [6.45, 7) is 7.90. The quantitative estimate of drug-likeness (QED) is 0.625. The van der Waals surface area contributed by atoms with E-state index in [0.717, 1.165) is 18.5 Å². The van der Waals surface area contributed by atoms with Crippen LogP contribution < -0.4 is 5.32 Å². The second kappa shape index (κ2) is 7.35. The first kappa shape index (κ1) is 14.9. The molecule has 0 aromatic heterocycles. The Hall–Kier alpha value is -0.470. The zero-order chi connectivity index (χ0) is 13.7. The van der Waals surface area contributed by atoms with Crippen molar-refractivity contribution in [2.24, 2.45) is 5.92 Å². The molecule has 0 bridgehead atoms. The normalized spacial score (nSPS) is 23.5. The van der Waals surface area contributed by atoms with Crippen molar-refractivity contribution in [1.29, 1.82) is 0 Å². The maximum absolute atomic E-state index is 3.74. The third kappa shape index (κ3) is 4.85. The lowest BCUT2D eigenvalue weighted by atomic mass is 9.87. The van der Waals surface area contributed by atoms with Gasteiger partial charge in [0.1, 0.15) is 0 Å². The Morgan fingerprint density at radius 1 is 1.26 bits per heavy atom. The van der Waals surface area contributed by atoms with Gasteiger partial charge in [-0.1, -0.05) is 37.5 Å². The monoisotopic (exact) mass is 277 g/mol. The van der Waals surface area contributed by atoms with Crippen LogP contribution in [0.15, 0.2) is 23.1 Å². The van der Waals surface area contributed by atoms with Gasteiger partial charge in [0, 0.05) is 23.2 Å². The van der Waals surface area contributed by atoms with E-state index in [2.05, 4.69) is 44.3 Å². The average molecular weight is 277 g/mol. The molecule has 106 valence electrons. The van der Waals surface area contributed by atoms with E-state index in [0.29, 0.717) is 0 Å². The molecule has 2 rings (SSSR count). The van der Waals surface area contributed by atoms with Gasteiger partial charge in [-0.05, 0) is 44.2 Å². The number of thioether (sulfide) groups is 1. The topological polar surface area (TPSA) is 12.0 Å². The number of nitrogens with one attached hydrogen (secondary N) is 1. The standard InChI is InChI=1S/C17H27NS/c1-13-5-4-6-16(11-13)18-9-10-19-17-12-14(2)7-8-15(17)3/h7-8,12-13,16,18H,4-6,9-11H2,1-3H3. The molecule has 0 amide bonds. The van der Waals surface area contributed by atoms with Crippen molar-refractivity contribution in [1.82, 2.24) is 5.32 Å². The molecule has 2 unspecified atom stereocenters. The van der Waals surface area contributed by atoms with Gasteiger partial charge < -0.3 is 5.32 Å². The Labute approximate surface area is 122 Å². The number of aryl methyl sites for hydroxylation is 2. The van der Waals surface area contributed by atoms with Crippen molar-refractivity contribution in [3.05, 3.63) is 29.3 Å². The Bertz CT molecular complexity index is 402. The Morgan fingerprint density at radius 3 is 2.89 bits per heavy atom. The summed E-state index contributed by atoms with van der Waals surface area (Å²) in [5.41, 5.74) is 2.77. The molecule has 1 fully saturated rings. The molecule has 1 saturated carbocycles. The van der Waals surface area contributed by atoms with Crippen LogP contribution in [0.3, 0.4) is 0 Å². The zero-order valence-electron chi connectivity index (χ0n) is 12.5. The van der Waals surface area contributed by atoms with Gasteiger partial charge in [0.25, 0.3) is 0 Å². The van der Waals surface area contributed by atoms with Gasteiger partial charge in [0.15, 0.2) is 0 Å². The lowest BCUT2D eigenvalue weighted by Gasteiger charge is -2.27. The van der Waals surface area contributed by atoms with Gasteiger partial charge in [0.05, 0.1) is 0 Å². The minimum atomic E-state index is 0.767. The molecule has 2 heteroatoms. The first-order valence-electron chi connectivity index (χ1n) is 7.58. The zero-order valence-corrected chi connectivity index (χ0v) is 13.4. The van der Waals surface area contributed by atoms with Crippen LogP contribution in [0.1, 0.15) is 43.7 Å². The summed E-state index contributed by atoms with van der Waals surface area (Å²) in [7, 11) is 0. The first-order valence-corrected chi connectivity index (χ1v) is 8.57. The fourth-order valence-electron chi connectivity index (χ4n) is 2.91. The van der Waals surface area contributed by atoms with E-state index in [-0.39, 0.29) is 0 Å². The lowest BCUT2D eigenvalue weighted by molar-refractivity contribution is 0.306. The molecular weight excluding hydrogens is 250 g/mol. The van der Waals surface area contributed by atoms with Gasteiger partial charge in [0.2, 0.25) is 0 Å². The van der Waals surface area contributed by atoms with Crippen LogP contribution in [0, 0.1) is 19.8 Å². The molecule has 1 nitrogen and oxygen atoms in total. The molecule has 0 saturated heterocycles. The van der Waals surface area contributed by atoms with E-state index < -0.39 is 0 Å². The first-order chi connectivity index (χ1) is 9.15. The Morgan fingerprint density at radius 2 is 2.11 bits per heavy atom. The summed E-state index contributed by atoms with van der Waals surface area (Å²) in [6, 6.07) is 7.50. The molecular formula is C17H27NS. The minimum absolute atomic E-state index is 0.767. The maximum Gasteiger partial charge on any atom is 0.0106 e. The number of hydrogen-bond donors (Lipinski definition) is 1. The summed E-state index contributed by atoms with van der Waals surface area (Å²) in [5.74, 6) is 2.09. The highest BCUT2D eigenvalue weighted by Gasteiger charge is 2.17. The van der Waals surface area contributed by atoms with E-state index in [9.17, 15) is 0 Å². The number of benzene rings is 1. The summed E-state index contributed by atoms with van der Waals surface area (Å²) >= 11 is 1.99. The Kier molecular flexibility index (Phi) is 5.77. The molecule has 1 aromatic rings. The van der Waals surface area contributed by atoms with Crippen LogP contribution in [-0.4, -0.2) is 18.3 Å². The molecule has 0 radical (unpaired) electrons. The molecule has 0 spiro atoms. The van der Waals surface area contributed by atoms with Crippen LogP contribution in [0.2, 0.25) is 0 Å². The maximum atomic E-state index is 3.74. The second-order valence-electron chi connectivity index (χ2n) is 6.04. The van der Waals surface area contributed by atoms with Crippen molar-refractivity contribution in [3.8, 4) is 0 Å². The van der Waals surface area contributed by atoms with Crippen molar-refractivity contribution in [2.45, 2.75) is 57.4 Å².